The summed E-state index contributed by atoms with van der Waals surface area (Å²) in [5.74, 6) is -0.731. The highest BCUT2D eigenvalue weighted by Crippen LogP contribution is 2.34. The van der Waals surface area contributed by atoms with Gasteiger partial charge in [-0.1, -0.05) is 72.8 Å². The van der Waals surface area contributed by atoms with E-state index in [1.54, 1.807) is 34.0 Å². The Hall–Kier alpha value is -4.24. The van der Waals surface area contributed by atoms with Crippen molar-refractivity contribution in [2.45, 2.75) is 25.2 Å². The van der Waals surface area contributed by atoms with E-state index in [2.05, 4.69) is 5.32 Å². The third kappa shape index (κ3) is 5.24. The van der Waals surface area contributed by atoms with Crippen LogP contribution in [-0.4, -0.2) is 70.5 Å². The number of benzene rings is 3. The van der Waals surface area contributed by atoms with E-state index < -0.39 is 12.2 Å². The Morgan fingerprint density at radius 1 is 0.921 bits per heavy atom. The number of piperazine rings is 1. The summed E-state index contributed by atoms with van der Waals surface area (Å²) >= 11 is 0. The molecule has 196 valence electrons. The number of nitrogens with zero attached hydrogens (tertiary/aromatic N) is 4. The highest BCUT2D eigenvalue weighted by atomic mass is 19.1. The third-order valence-corrected chi connectivity index (χ3v) is 7.02. The van der Waals surface area contributed by atoms with Crippen molar-refractivity contribution >= 4 is 17.8 Å². The molecule has 8 nitrogen and oxygen atoms in total. The standard InChI is InChI=1S/C29H30FN5O3/c1-32-20-26(36)34-25(35(32)29(38)31-18-22-8-4-2-5-9-22)19-33(17-16-21-12-14-24(30)15-13-21)28(37)27(34)23-10-6-3-7-11-23/h2-15,25,27H,16-20H2,1H3,(H,31,38)/t25?,27-/m0/s1. The van der Waals surface area contributed by atoms with Crippen molar-refractivity contribution in [2.75, 3.05) is 26.7 Å². The number of fused-ring (bicyclic) bond motifs is 1. The van der Waals surface area contributed by atoms with Crippen LogP contribution in [0.25, 0.3) is 0 Å². The Bertz CT molecular complexity index is 1290. The van der Waals surface area contributed by atoms with Crippen LogP contribution >= 0.6 is 0 Å². The molecule has 0 bridgehead atoms. The number of rotatable bonds is 6. The second kappa shape index (κ2) is 11.0. The van der Waals surface area contributed by atoms with E-state index in [1.807, 2.05) is 60.7 Å². The van der Waals surface area contributed by atoms with Crippen LogP contribution in [0.3, 0.4) is 0 Å². The third-order valence-electron chi connectivity index (χ3n) is 7.02. The van der Waals surface area contributed by atoms with Gasteiger partial charge in [-0.05, 0) is 35.2 Å². The molecular formula is C29H30FN5O3. The van der Waals surface area contributed by atoms with Crippen LogP contribution in [0, 0.1) is 5.82 Å². The molecule has 3 aromatic carbocycles. The molecule has 0 spiro atoms. The van der Waals surface area contributed by atoms with Gasteiger partial charge in [0.05, 0.1) is 13.1 Å². The minimum Gasteiger partial charge on any atom is -0.336 e. The molecule has 38 heavy (non-hydrogen) atoms. The summed E-state index contributed by atoms with van der Waals surface area (Å²) in [5, 5.41) is 6.11. The average molecular weight is 516 g/mol. The molecule has 2 aliphatic rings. The van der Waals surface area contributed by atoms with Crippen LogP contribution < -0.4 is 5.32 Å². The van der Waals surface area contributed by atoms with Crippen molar-refractivity contribution in [1.29, 1.82) is 0 Å². The Balaban J connectivity index is 1.43. The van der Waals surface area contributed by atoms with Gasteiger partial charge in [-0.3, -0.25) is 9.59 Å². The van der Waals surface area contributed by atoms with Gasteiger partial charge in [-0.2, -0.15) is 0 Å². The Kier molecular flexibility index (Phi) is 7.37. The molecule has 0 saturated carbocycles. The maximum Gasteiger partial charge on any atom is 0.334 e. The van der Waals surface area contributed by atoms with Crippen LogP contribution in [0.1, 0.15) is 22.7 Å². The van der Waals surface area contributed by atoms with Gasteiger partial charge in [0.2, 0.25) is 11.8 Å². The summed E-state index contributed by atoms with van der Waals surface area (Å²) in [7, 11) is 1.70. The second-order valence-corrected chi connectivity index (χ2v) is 9.56. The lowest BCUT2D eigenvalue weighted by Crippen LogP contribution is -2.73. The summed E-state index contributed by atoms with van der Waals surface area (Å²) in [5.41, 5.74) is 2.54. The summed E-state index contributed by atoms with van der Waals surface area (Å²) < 4.78 is 13.4. The first-order chi connectivity index (χ1) is 18.4. The van der Waals surface area contributed by atoms with Gasteiger partial charge in [0.15, 0.2) is 0 Å². The fourth-order valence-corrected chi connectivity index (χ4v) is 5.13. The number of nitrogens with one attached hydrogen (secondary N) is 1. The summed E-state index contributed by atoms with van der Waals surface area (Å²) in [6.45, 7) is 0.842. The van der Waals surface area contributed by atoms with E-state index in [0.29, 0.717) is 25.1 Å². The average Bonchev–Trinajstić information content (AvgIpc) is 2.93. The maximum atomic E-state index is 13.8. The smallest absolute Gasteiger partial charge is 0.334 e. The summed E-state index contributed by atoms with van der Waals surface area (Å²) in [4.78, 5) is 43.9. The van der Waals surface area contributed by atoms with E-state index in [1.165, 1.54) is 17.1 Å². The van der Waals surface area contributed by atoms with Gasteiger partial charge in [0.25, 0.3) is 0 Å². The van der Waals surface area contributed by atoms with Gasteiger partial charge in [0, 0.05) is 20.1 Å². The zero-order valence-electron chi connectivity index (χ0n) is 21.2. The van der Waals surface area contributed by atoms with Crippen LogP contribution in [0.4, 0.5) is 9.18 Å². The molecule has 2 aliphatic heterocycles. The number of carbonyl (C=O) groups is 3. The van der Waals surface area contributed by atoms with Crippen molar-refractivity contribution in [2.24, 2.45) is 0 Å². The fraction of sp³-hybridized carbons (Fsp3) is 0.276. The molecule has 2 saturated heterocycles. The molecular weight excluding hydrogens is 485 g/mol. The molecule has 3 aromatic rings. The predicted molar refractivity (Wildman–Crippen MR) is 140 cm³/mol. The number of carbonyl (C=O) groups excluding carboxylic acids is 3. The fourth-order valence-electron chi connectivity index (χ4n) is 5.13. The number of halogens is 1. The van der Waals surface area contributed by atoms with Crippen molar-refractivity contribution in [3.05, 3.63) is 107 Å². The minimum absolute atomic E-state index is 0.0263. The number of hydrogen-bond acceptors (Lipinski definition) is 4. The number of hydrogen-bond donors (Lipinski definition) is 1. The van der Waals surface area contributed by atoms with Gasteiger partial charge < -0.3 is 15.1 Å². The molecule has 2 atom stereocenters. The predicted octanol–water partition coefficient (Wildman–Crippen LogP) is 3.18. The Morgan fingerprint density at radius 3 is 2.26 bits per heavy atom. The topological polar surface area (TPSA) is 76.2 Å². The van der Waals surface area contributed by atoms with Crippen molar-refractivity contribution < 1.29 is 18.8 Å². The van der Waals surface area contributed by atoms with E-state index >= 15 is 0 Å². The zero-order chi connectivity index (χ0) is 26.6. The van der Waals surface area contributed by atoms with Gasteiger partial charge in [-0.25, -0.2) is 19.2 Å². The molecule has 0 radical (unpaired) electrons. The van der Waals surface area contributed by atoms with E-state index in [0.717, 1.165) is 11.1 Å². The molecule has 2 heterocycles. The minimum atomic E-state index is -0.853. The lowest BCUT2D eigenvalue weighted by molar-refractivity contribution is -0.187. The highest BCUT2D eigenvalue weighted by molar-refractivity contribution is 5.92. The van der Waals surface area contributed by atoms with Crippen LogP contribution in [0.5, 0.6) is 0 Å². The van der Waals surface area contributed by atoms with E-state index in [4.69, 9.17) is 0 Å². The maximum absolute atomic E-state index is 13.8. The first-order valence-electron chi connectivity index (χ1n) is 12.6. The van der Waals surface area contributed by atoms with Crippen molar-refractivity contribution in [1.82, 2.24) is 25.1 Å². The first kappa shape index (κ1) is 25.4. The quantitative estimate of drug-likeness (QED) is 0.547. The molecule has 9 heteroatoms. The number of urea groups is 1. The summed E-state index contributed by atoms with van der Waals surface area (Å²) in [6, 6.07) is 23.8. The van der Waals surface area contributed by atoms with Gasteiger partial charge in [-0.15, -0.1) is 0 Å². The molecule has 1 unspecified atom stereocenters. The Labute approximate surface area is 221 Å². The highest BCUT2D eigenvalue weighted by Gasteiger charge is 2.51. The lowest BCUT2D eigenvalue weighted by Gasteiger charge is -2.54. The molecule has 1 N–H and O–H groups in total. The number of hydrazine groups is 1. The zero-order valence-corrected chi connectivity index (χ0v) is 21.2. The van der Waals surface area contributed by atoms with Crippen molar-refractivity contribution in [3.63, 3.8) is 0 Å². The van der Waals surface area contributed by atoms with Crippen molar-refractivity contribution in [3.8, 4) is 0 Å². The SMILES string of the molecule is CN1CC(=O)N2C(CN(CCc3ccc(F)cc3)C(=O)[C@@H]2c2ccccc2)N1C(=O)NCc1ccccc1. The molecule has 0 aliphatic carbocycles. The van der Waals surface area contributed by atoms with Gasteiger partial charge >= 0.3 is 6.03 Å². The molecule has 5 rings (SSSR count). The number of amides is 4. The monoisotopic (exact) mass is 515 g/mol. The summed E-state index contributed by atoms with van der Waals surface area (Å²) in [6.07, 6.45) is -0.169. The molecule has 0 aromatic heterocycles. The first-order valence-corrected chi connectivity index (χ1v) is 12.6. The van der Waals surface area contributed by atoms with Crippen LogP contribution in [0.2, 0.25) is 0 Å². The molecule has 4 amide bonds. The lowest BCUT2D eigenvalue weighted by atomic mass is 9.98. The molecule has 2 fully saturated rings. The largest absolute Gasteiger partial charge is 0.336 e. The normalized spacial score (nSPS) is 19.9. The van der Waals surface area contributed by atoms with E-state index in [9.17, 15) is 18.8 Å². The van der Waals surface area contributed by atoms with Gasteiger partial charge in [0.1, 0.15) is 18.0 Å². The Morgan fingerprint density at radius 2 is 1.58 bits per heavy atom. The van der Waals surface area contributed by atoms with Crippen LogP contribution in [0.15, 0.2) is 84.9 Å². The number of likely N-dealkylation sites (N-methyl/N-ethyl adjacent to an activating group) is 1. The second-order valence-electron chi connectivity index (χ2n) is 9.56. The van der Waals surface area contributed by atoms with E-state index in [-0.39, 0.29) is 36.8 Å². The van der Waals surface area contributed by atoms with Crippen LogP contribution in [-0.2, 0) is 22.6 Å².